The molecule has 0 radical (unpaired) electrons. The van der Waals surface area contributed by atoms with Crippen molar-refractivity contribution >= 4 is 11.8 Å². The van der Waals surface area contributed by atoms with Gasteiger partial charge in [-0.05, 0) is 23.3 Å². The number of hydrogen-bond donors (Lipinski definition) is 1. The van der Waals surface area contributed by atoms with Crippen LogP contribution in [0.15, 0.2) is 48.7 Å². The van der Waals surface area contributed by atoms with E-state index in [0.717, 1.165) is 6.42 Å². The minimum Gasteiger partial charge on any atom is -0.364 e. The van der Waals surface area contributed by atoms with E-state index >= 15 is 0 Å². The number of benzene rings is 1. The Hall–Kier alpha value is -2.40. The number of ether oxygens (including phenoxy) is 1. The summed E-state index contributed by atoms with van der Waals surface area (Å²) < 4.78 is 6.07. The largest absolute Gasteiger partial charge is 0.364 e. The van der Waals surface area contributed by atoms with Crippen LogP contribution in [0.3, 0.4) is 0 Å². The minimum atomic E-state index is -0.335. The molecule has 2 aliphatic heterocycles. The van der Waals surface area contributed by atoms with Crippen LogP contribution in [0, 0.1) is 0 Å². The maximum absolute atomic E-state index is 12.4. The van der Waals surface area contributed by atoms with Gasteiger partial charge in [-0.25, -0.2) is 9.78 Å². The zero-order valence-electron chi connectivity index (χ0n) is 12.2. The fraction of sp³-hybridized carbons (Fsp3) is 0.294. The number of anilines is 1. The number of likely N-dealkylation sites (tertiary alicyclic amines) is 1. The first kappa shape index (κ1) is 13.3. The van der Waals surface area contributed by atoms with Crippen LogP contribution >= 0.6 is 0 Å². The monoisotopic (exact) mass is 295 g/mol. The van der Waals surface area contributed by atoms with E-state index in [1.54, 1.807) is 17.2 Å². The van der Waals surface area contributed by atoms with Crippen LogP contribution in [0.1, 0.15) is 17.5 Å². The number of fused-ring (bicyclic) bond motifs is 2. The first-order valence-corrected chi connectivity index (χ1v) is 7.46. The van der Waals surface area contributed by atoms with Gasteiger partial charge in [0.1, 0.15) is 11.4 Å². The molecule has 1 saturated heterocycles. The fourth-order valence-corrected chi connectivity index (χ4v) is 3.30. The van der Waals surface area contributed by atoms with Crippen molar-refractivity contribution in [1.82, 2.24) is 9.88 Å². The summed E-state index contributed by atoms with van der Waals surface area (Å²) in [5, 5.41) is 2.83. The van der Waals surface area contributed by atoms with Gasteiger partial charge in [-0.1, -0.05) is 30.3 Å². The number of rotatable bonds is 1. The summed E-state index contributed by atoms with van der Waals surface area (Å²) in [5.74, 6) is 0.571. The molecule has 3 heterocycles. The molecule has 2 aromatic rings. The molecule has 2 amide bonds. The van der Waals surface area contributed by atoms with Gasteiger partial charge in [0.15, 0.2) is 0 Å². The number of amides is 2. The lowest BCUT2D eigenvalue weighted by Crippen LogP contribution is -2.37. The number of nitrogens with zero attached hydrogens (tertiary/aromatic N) is 2. The summed E-state index contributed by atoms with van der Waals surface area (Å²) in [6, 6.07) is 13.6. The number of nitrogens with one attached hydrogen (secondary N) is 1. The van der Waals surface area contributed by atoms with E-state index < -0.39 is 0 Å². The second-order valence-corrected chi connectivity index (χ2v) is 5.76. The van der Waals surface area contributed by atoms with Crippen molar-refractivity contribution in [1.29, 1.82) is 0 Å². The number of aromatic nitrogens is 1. The molecule has 1 spiro atoms. The molecule has 1 fully saturated rings. The number of carbonyl (C=O) groups excluding carboxylic acids is 1. The lowest BCUT2D eigenvalue weighted by molar-refractivity contribution is -0.0269. The predicted octanol–water partition coefficient (Wildman–Crippen LogP) is 2.74. The Bertz CT molecular complexity index is 704. The highest BCUT2D eigenvalue weighted by Crippen LogP contribution is 2.43. The predicted molar refractivity (Wildman–Crippen MR) is 82.4 cm³/mol. The van der Waals surface area contributed by atoms with Crippen LogP contribution < -0.4 is 5.32 Å². The number of carbonyl (C=O) groups is 1. The van der Waals surface area contributed by atoms with Crippen molar-refractivity contribution in [3.05, 3.63) is 59.8 Å². The molecule has 4 rings (SSSR count). The average Bonchev–Trinajstić information content (AvgIpc) is 3.15. The van der Waals surface area contributed by atoms with Crippen molar-refractivity contribution in [3.63, 3.8) is 0 Å². The summed E-state index contributed by atoms with van der Waals surface area (Å²) in [7, 11) is 0. The molecule has 0 saturated carbocycles. The molecule has 1 N–H and O–H groups in total. The second kappa shape index (κ2) is 5.10. The van der Waals surface area contributed by atoms with Crippen molar-refractivity contribution in [2.75, 3.05) is 18.4 Å². The fourth-order valence-electron chi connectivity index (χ4n) is 3.30. The molecule has 22 heavy (non-hydrogen) atoms. The second-order valence-electron chi connectivity index (χ2n) is 5.76. The Labute approximate surface area is 128 Å². The SMILES string of the molecule is O=C(Nc1ccccn1)N1CC[C@@]2(C1)OCc1ccccc12. The Morgan fingerprint density at radius 1 is 1.23 bits per heavy atom. The molecule has 1 aromatic heterocycles. The molecule has 112 valence electrons. The van der Waals surface area contributed by atoms with Crippen LogP contribution in [-0.4, -0.2) is 29.0 Å². The van der Waals surface area contributed by atoms with Gasteiger partial charge in [0, 0.05) is 19.2 Å². The molecule has 5 nitrogen and oxygen atoms in total. The average molecular weight is 295 g/mol. The van der Waals surface area contributed by atoms with E-state index in [9.17, 15) is 4.79 Å². The summed E-state index contributed by atoms with van der Waals surface area (Å²) in [4.78, 5) is 18.3. The lowest BCUT2D eigenvalue weighted by atomic mass is 9.92. The first-order chi connectivity index (χ1) is 10.8. The smallest absolute Gasteiger partial charge is 0.323 e. The van der Waals surface area contributed by atoms with Crippen molar-refractivity contribution < 1.29 is 9.53 Å². The van der Waals surface area contributed by atoms with Gasteiger partial charge in [0.25, 0.3) is 0 Å². The quantitative estimate of drug-likeness (QED) is 0.880. The molecule has 1 atom stereocenters. The van der Waals surface area contributed by atoms with E-state index in [0.29, 0.717) is 25.5 Å². The zero-order chi connectivity index (χ0) is 15.0. The van der Waals surface area contributed by atoms with Gasteiger partial charge in [0.2, 0.25) is 0 Å². The Balaban J connectivity index is 1.50. The van der Waals surface area contributed by atoms with Gasteiger partial charge in [-0.15, -0.1) is 0 Å². The van der Waals surface area contributed by atoms with Gasteiger partial charge >= 0.3 is 6.03 Å². The highest BCUT2D eigenvalue weighted by molar-refractivity contribution is 5.88. The molecule has 0 aliphatic carbocycles. The summed E-state index contributed by atoms with van der Waals surface area (Å²) in [6.45, 7) is 1.90. The Morgan fingerprint density at radius 2 is 2.09 bits per heavy atom. The summed E-state index contributed by atoms with van der Waals surface area (Å²) in [5.41, 5.74) is 2.12. The van der Waals surface area contributed by atoms with Crippen LogP contribution in [0.4, 0.5) is 10.6 Å². The van der Waals surface area contributed by atoms with E-state index in [1.807, 2.05) is 24.3 Å². The molecular weight excluding hydrogens is 278 g/mol. The Kier molecular flexibility index (Phi) is 3.08. The van der Waals surface area contributed by atoms with E-state index in [4.69, 9.17) is 4.74 Å². The van der Waals surface area contributed by atoms with Gasteiger partial charge in [0.05, 0.1) is 13.2 Å². The highest BCUT2D eigenvalue weighted by atomic mass is 16.5. The molecule has 0 bridgehead atoms. The van der Waals surface area contributed by atoms with Crippen molar-refractivity contribution in [2.24, 2.45) is 0 Å². The number of pyridine rings is 1. The topological polar surface area (TPSA) is 54.5 Å². The van der Waals surface area contributed by atoms with Crippen LogP contribution in [0.2, 0.25) is 0 Å². The summed E-state index contributed by atoms with van der Waals surface area (Å²) >= 11 is 0. The Morgan fingerprint density at radius 3 is 2.95 bits per heavy atom. The van der Waals surface area contributed by atoms with E-state index in [-0.39, 0.29) is 11.6 Å². The number of urea groups is 1. The summed E-state index contributed by atoms with van der Waals surface area (Å²) in [6.07, 6.45) is 2.50. The number of hydrogen-bond acceptors (Lipinski definition) is 3. The first-order valence-electron chi connectivity index (χ1n) is 7.46. The van der Waals surface area contributed by atoms with E-state index in [1.165, 1.54) is 11.1 Å². The van der Waals surface area contributed by atoms with Crippen LogP contribution in [-0.2, 0) is 16.9 Å². The third-order valence-electron chi connectivity index (χ3n) is 4.43. The maximum atomic E-state index is 12.4. The third-order valence-corrected chi connectivity index (χ3v) is 4.43. The maximum Gasteiger partial charge on any atom is 0.323 e. The normalized spacial score (nSPS) is 22.8. The van der Waals surface area contributed by atoms with Crippen molar-refractivity contribution in [2.45, 2.75) is 18.6 Å². The standard InChI is InChI=1S/C17H17N3O2/c21-16(19-15-7-3-4-9-18-15)20-10-8-17(12-20)14-6-2-1-5-13(14)11-22-17/h1-7,9H,8,10-12H2,(H,18,19,21)/t17-/m0/s1. The molecule has 2 aliphatic rings. The highest BCUT2D eigenvalue weighted by Gasteiger charge is 2.46. The van der Waals surface area contributed by atoms with Gasteiger partial charge in [-0.3, -0.25) is 5.32 Å². The lowest BCUT2D eigenvalue weighted by Gasteiger charge is -2.24. The van der Waals surface area contributed by atoms with Crippen LogP contribution in [0.25, 0.3) is 0 Å². The minimum absolute atomic E-state index is 0.122. The molecule has 5 heteroatoms. The molecule has 0 unspecified atom stereocenters. The van der Waals surface area contributed by atoms with Gasteiger partial charge in [-0.2, -0.15) is 0 Å². The third kappa shape index (κ3) is 2.14. The van der Waals surface area contributed by atoms with Gasteiger partial charge < -0.3 is 9.64 Å². The molecular formula is C17H17N3O2. The zero-order valence-corrected chi connectivity index (χ0v) is 12.2. The van der Waals surface area contributed by atoms with Crippen molar-refractivity contribution in [3.8, 4) is 0 Å². The van der Waals surface area contributed by atoms with Crippen LogP contribution in [0.5, 0.6) is 0 Å². The van der Waals surface area contributed by atoms with E-state index in [2.05, 4.69) is 22.4 Å². The molecule has 1 aromatic carbocycles.